The van der Waals surface area contributed by atoms with E-state index in [0.29, 0.717) is 36.1 Å². The third-order valence-corrected chi connectivity index (χ3v) is 4.14. The highest BCUT2D eigenvalue weighted by Crippen LogP contribution is 2.35. The van der Waals surface area contributed by atoms with Crippen molar-refractivity contribution in [1.82, 2.24) is 15.2 Å². The van der Waals surface area contributed by atoms with E-state index in [0.717, 1.165) is 15.6 Å². The van der Waals surface area contributed by atoms with Gasteiger partial charge in [0.05, 0.1) is 9.50 Å². The summed E-state index contributed by atoms with van der Waals surface area (Å²) in [5.74, 6) is 1.10. The lowest BCUT2D eigenvalue weighted by Crippen LogP contribution is -1.99. The van der Waals surface area contributed by atoms with Gasteiger partial charge in [-0.1, -0.05) is 22.8 Å². The highest BCUT2D eigenvalue weighted by molar-refractivity contribution is 9.10. The fourth-order valence-corrected chi connectivity index (χ4v) is 3.19. The molecule has 2 aromatic heterocycles. The van der Waals surface area contributed by atoms with Crippen molar-refractivity contribution in [2.45, 2.75) is 19.4 Å². The molecule has 124 valence electrons. The molecule has 0 fully saturated rings. The van der Waals surface area contributed by atoms with E-state index >= 15 is 0 Å². The molecular formula is C16H14BrClN4O2. The largest absolute Gasteiger partial charge is 0.486 e. The maximum Gasteiger partial charge on any atom is 0.312 e. The van der Waals surface area contributed by atoms with E-state index < -0.39 is 0 Å². The minimum absolute atomic E-state index is 0.0726. The zero-order valence-corrected chi connectivity index (χ0v) is 14.9. The zero-order valence-electron chi connectivity index (χ0n) is 12.6. The second-order valence-electron chi connectivity index (χ2n) is 5.07. The van der Waals surface area contributed by atoms with Gasteiger partial charge in [-0.25, -0.2) is 0 Å². The summed E-state index contributed by atoms with van der Waals surface area (Å²) in [7, 11) is 0. The highest BCUT2D eigenvalue weighted by atomic mass is 79.9. The quantitative estimate of drug-likeness (QED) is 0.666. The summed E-state index contributed by atoms with van der Waals surface area (Å²) in [4.78, 5) is 4.06. The Hall–Kier alpha value is -2.12. The first kappa shape index (κ1) is 16.7. The molecular weight excluding hydrogens is 396 g/mol. The Morgan fingerprint density at radius 2 is 2.08 bits per heavy atom. The minimum atomic E-state index is 0.0726. The minimum Gasteiger partial charge on any atom is -0.486 e. The van der Waals surface area contributed by atoms with E-state index in [1.54, 1.807) is 12.4 Å². The monoisotopic (exact) mass is 408 g/mol. The van der Waals surface area contributed by atoms with Gasteiger partial charge in [0.1, 0.15) is 6.61 Å². The van der Waals surface area contributed by atoms with Crippen LogP contribution < -0.4 is 10.5 Å². The molecule has 0 saturated carbocycles. The van der Waals surface area contributed by atoms with Crippen LogP contribution in [0, 0.1) is 0 Å². The number of aromatic nitrogens is 3. The molecule has 0 aliphatic carbocycles. The number of hydrogen-bond donors (Lipinski definition) is 1. The molecule has 3 aromatic rings. The molecule has 1 aromatic carbocycles. The number of ether oxygens (including phenoxy) is 1. The van der Waals surface area contributed by atoms with Crippen molar-refractivity contribution in [1.29, 1.82) is 0 Å². The van der Waals surface area contributed by atoms with Crippen LogP contribution in [0.1, 0.15) is 17.0 Å². The summed E-state index contributed by atoms with van der Waals surface area (Å²) >= 11 is 9.85. The SMILES string of the molecule is Nc1nnc(CCc2cc(Cl)c(OCc3cccnc3)c(Br)c2)o1. The van der Waals surface area contributed by atoms with Gasteiger partial charge in [-0.05, 0) is 46.1 Å². The van der Waals surface area contributed by atoms with Gasteiger partial charge in [0, 0.05) is 24.4 Å². The number of benzene rings is 1. The van der Waals surface area contributed by atoms with Crippen molar-refractivity contribution in [3.05, 3.63) is 63.2 Å². The van der Waals surface area contributed by atoms with E-state index in [2.05, 4.69) is 31.1 Å². The van der Waals surface area contributed by atoms with E-state index in [-0.39, 0.29) is 6.01 Å². The molecule has 0 saturated heterocycles. The van der Waals surface area contributed by atoms with Gasteiger partial charge in [0.2, 0.25) is 5.89 Å². The average Bonchev–Trinajstić information content (AvgIpc) is 2.99. The van der Waals surface area contributed by atoms with Crippen LogP contribution in [0.5, 0.6) is 5.75 Å². The molecule has 0 amide bonds. The number of aryl methyl sites for hydroxylation is 2. The first-order chi connectivity index (χ1) is 11.6. The second-order valence-corrected chi connectivity index (χ2v) is 6.33. The van der Waals surface area contributed by atoms with Gasteiger partial charge in [-0.2, -0.15) is 0 Å². The Labute approximate surface area is 152 Å². The first-order valence-electron chi connectivity index (χ1n) is 7.19. The van der Waals surface area contributed by atoms with E-state index in [9.17, 15) is 0 Å². The van der Waals surface area contributed by atoms with Crippen molar-refractivity contribution in [2.24, 2.45) is 0 Å². The van der Waals surface area contributed by atoms with Crippen LogP contribution in [-0.2, 0) is 19.4 Å². The molecule has 0 bridgehead atoms. The molecule has 2 heterocycles. The molecule has 8 heteroatoms. The Morgan fingerprint density at radius 3 is 2.75 bits per heavy atom. The molecule has 3 rings (SSSR count). The van der Waals surface area contributed by atoms with Crippen molar-refractivity contribution >= 4 is 33.5 Å². The topological polar surface area (TPSA) is 87.1 Å². The number of nitrogens with zero attached hydrogens (tertiary/aromatic N) is 3. The average molecular weight is 410 g/mol. The van der Waals surface area contributed by atoms with Crippen LogP contribution in [0.3, 0.4) is 0 Å². The number of pyridine rings is 1. The third-order valence-electron chi connectivity index (χ3n) is 3.27. The normalized spacial score (nSPS) is 10.8. The van der Waals surface area contributed by atoms with Crippen molar-refractivity contribution in [3.63, 3.8) is 0 Å². The number of nitrogen functional groups attached to an aromatic ring is 1. The van der Waals surface area contributed by atoms with Crippen LogP contribution >= 0.6 is 27.5 Å². The standard InChI is InChI=1S/C16H14BrClN4O2/c17-12-6-10(3-4-14-21-22-16(19)24-14)7-13(18)15(12)23-9-11-2-1-5-20-8-11/h1-2,5-8H,3-4,9H2,(H2,19,22). The van der Waals surface area contributed by atoms with E-state index in [1.165, 1.54) is 0 Å². The summed E-state index contributed by atoms with van der Waals surface area (Å²) in [6.45, 7) is 0.396. The molecule has 0 unspecified atom stereocenters. The fourth-order valence-electron chi connectivity index (χ4n) is 2.15. The van der Waals surface area contributed by atoms with Crippen molar-refractivity contribution < 1.29 is 9.15 Å². The van der Waals surface area contributed by atoms with E-state index in [1.807, 2.05) is 24.3 Å². The molecule has 2 N–H and O–H groups in total. The van der Waals surface area contributed by atoms with Crippen LogP contribution in [0.2, 0.25) is 5.02 Å². The summed E-state index contributed by atoms with van der Waals surface area (Å²) in [5.41, 5.74) is 7.40. The highest BCUT2D eigenvalue weighted by Gasteiger charge is 2.11. The Balaban J connectivity index is 1.66. The summed E-state index contributed by atoms with van der Waals surface area (Å²) < 4.78 is 11.7. The maximum atomic E-state index is 6.34. The van der Waals surface area contributed by atoms with Gasteiger partial charge < -0.3 is 14.9 Å². The van der Waals surface area contributed by atoms with Gasteiger partial charge in [-0.15, -0.1) is 5.10 Å². The number of rotatable bonds is 6. The smallest absolute Gasteiger partial charge is 0.312 e. The van der Waals surface area contributed by atoms with Crippen LogP contribution in [0.15, 0.2) is 45.5 Å². The zero-order chi connectivity index (χ0) is 16.9. The predicted octanol–water partition coefficient (Wildman–Crippen LogP) is 3.83. The van der Waals surface area contributed by atoms with Crippen LogP contribution in [0.4, 0.5) is 6.01 Å². The predicted molar refractivity (Wildman–Crippen MR) is 93.8 cm³/mol. The first-order valence-corrected chi connectivity index (χ1v) is 8.36. The molecule has 0 radical (unpaired) electrons. The Kier molecular flexibility index (Phi) is 5.32. The van der Waals surface area contributed by atoms with Gasteiger partial charge in [0.15, 0.2) is 5.75 Å². The molecule has 6 nitrogen and oxygen atoms in total. The second kappa shape index (κ2) is 7.63. The van der Waals surface area contributed by atoms with Crippen molar-refractivity contribution in [2.75, 3.05) is 5.73 Å². The molecule has 0 spiro atoms. The number of anilines is 1. The van der Waals surface area contributed by atoms with Crippen LogP contribution in [0.25, 0.3) is 0 Å². The number of halogens is 2. The lowest BCUT2D eigenvalue weighted by Gasteiger charge is -2.12. The Bertz CT molecular complexity index is 803. The van der Waals surface area contributed by atoms with Gasteiger partial charge in [-0.3, -0.25) is 4.98 Å². The van der Waals surface area contributed by atoms with Crippen molar-refractivity contribution in [3.8, 4) is 5.75 Å². The lowest BCUT2D eigenvalue weighted by atomic mass is 10.1. The molecule has 0 aliphatic heterocycles. The van der Waals surface area contributed by atoms with Crippen LogP contribution in [-0.4, -0.2) is 15.2 Å². The molecule has 0 atom stereocenters. The fraction of sp³-hybridized carbons (Fsp3) is 0.188. The van der Waals surface area contributed by atoms with E-state index in [4.69, 9.17) is 26.5 Å². The maximum absolute atomic E-state index is 6.34. The summed E-state index contributed by atoms with van der Waals surface area (Å²) in [6, 6.07) is 7.71. The summed E-state index contributed by atoms with van der Waals surface area (Å²) in [5, 5.41) is 8.01. The number of hydrogen-bond acceptors (Lipinski definition) is 6. The molecule has 0 aliphatic rings. The Morgan fingerprint density at radius 1 is 1.21 bits per heavy atom. The van der Waals surface area contributed by atoms with Gasteiger partial charge >= 0.3 is 6.01 Å². The lowest BCUT2D eigenvalue weighted by molar-refractivity contribution is 0.304. The van der Waals surface area contributed by atoms with Gasteiger partial charge in [0.25, 0.3) is 0 Å². The third kappa shape index (κ3) is 4.24. The molecule has 24 heavy (non-hydrogen) atoms. The number of nitrogens with two attached hydrogens (primary N) is 1. The summed E-state index contributed by atoms with van der Waals surface area (Å²) in [6.07, 6.45) is 4.76.